The van der Waals surface area contributed by atoms with Gasteiger partial charge in [-0.15, -0.1) is 5.10 Å². The predicted octanol–water partition coefficient (Wildman–Crippen LogP) is 2.59. The van der Waals surface area contributed by atoms with E-state index in [4.69, 9.17) is 5.21 Å². The van der Waals surface area contributed by atoms with Crippen LogP contribution in [-0.2, 0) is 4.79 Å². The van der Waals surface area contributed by atoms with E-state index in [-0.39, 0.29) is 12.0 Å². The Balaban J connectivity index is 1.98. The topological polar surface area (TPSA) is 99.1 Å². The molecule has 3 N–H and O–H groups in total. The zero-order valence-electron chi connectivity index (χ0n) is 15.8. The summed E-state index contributed by atoms with van der Waals surface area (Å²) < 4.78 is 1.79. The monoisotopic (exact) mass is 368 g/mol. The number of hydrogen-bond donors (Lipinski definition) is 3. The quantitative estimate of drug-likeness (QED) is 0.353. The van der Waals surface area contributed by atoms with Gasteiger partial charge in [-0.2, -0.15) is 0 Å². The Labute approximate surface area is 157 Å². The van der Waals surface area contributed by atoms with Gasteiger partial charge in [0.05, 0.1) is 12.2 Å². The van der Waals surface area contributed by atoms with Crippen LogP contribution in [0.1, 0.15) is 31.3 Å². The van der Waals surface area contributed by atoms with Gasteiger partial charge in [-0.25, -0.2) is 10.2 Å². The van der Waals surface area contributed by atoms with Crippen molar-refractivity contribution in [3.8, 4) is 0 Å². The Morgan fingerprint density at radius 3 is 2.81 bits per heavy atom. The second-order valence-corrected chi connectivity index (χ2v) is 6.98. The normalized spacial score (nSPS) is 12.8. The minimum atomic E-state index is -0.614. The van der Waals surface area contributed by atoms with Crippen LogP contribution in [0.2, 0.25) is 0 Å². The molecule has 0 fully saturated rings. The van der Waals surface area contributed by atoms with Gasteiger partial charge in [-0.1, -0.05) is 25.1 Å². The van der Waals surface area contributed by atoms with Gasteiger partial charge >= 0.3 is 0 Å². The number of nitrogens with one attached hydrogen (secondary N) is 2. The van der Waals surface area contributed by atoms with Gasteiger partial charge in [0.25, 0.3) is 5.91 Å². The molecule has 1 atom stereocenters. The number of carbonyl (C=O) groups excluding carboxylic acids is 1. The summed E-state index contributed by atoms with van der Waals surface area (Å²) in [5.74, 6) is -0.350. The number of carbonyl (C=O) groups is 1. The lowest BCUT2D eigenvalue weighted by atomic mass is 10.0. The number of anilines is 1. The fraction of sp³-hybridized carbons (Fsp3) is 0.316. The molecule has 3 rings (SSSR count). The van der Waals surface area contributed by atoms with Gasteiger partial charge in [0.2, 0.25) is 0 Å². The minimum absolute atomic E-state index is 0.0336. The van der Waals surface area contributed by atoms with Crippen LogP contribution in [0.15, 0.2) is 36.5 Å². The largest absolute Gasteiger partial charge is 0.377 e. The summed E-state index contributed by atoms with van der Waals surface area (Å²) in [6.07, 6.45) is 4.48. The van der Waals surface area contributed by atoms with Crippen LogP contribution >= 0.6 is 0 Å². The van der Waals surface area contributed by atoms with Gasteiger partial charge in [0, 0.05) is 42.5 Å². The highest BCUT2D eigenvalue weighted by atomic mass is 16.5. The van der Waals surface area contributed by atoms with Gasteiger partial charge in [-0.05, 0) is 30.2 Å². The third kappa shape index (κ3) is 3.85. The molecule has 2 heterocycles. The molecule has 3 aromatic rings. The van der Waals surface area contributed by atoms with Gasteiger partial charge in [0.15, 0.2) is 0 Å². The number of aromatic amines is 1. The number of hydroxylamine groups is 1. The molecule has 0 aliphatic carbocycles. The van der Waals surface area contributed by atoms with E-state index >= 15 is 0 Å². The molecule has 8 nitrogen and oxygen atoms in total. The molecule has 8 heteroatoms. The lowest BCUT2D eigenvalue weighted by Crippen LogP contribution is -2.17. The Bertz CT molecular complexity index is 970. The van der Waals surface area contributed by atoms with Crippen molar-refractivity contribution in [2.75, 3.05) is 19.0 Å². The Hall–Kier alpha value is -3.13. The molecular weight excluding hydrogens is 344 g/mol. The van der Waals surface area contributed by atoms with Crippen LogP contribution in [0, 0.1) is 5.92 Å². The van der Waals surface area contributed by atoms with Crippen LogP contribution in [0.4, 0.5) is 5.69 Å². The lowest BCUT2D eigenvalue weighted by Gasteiger charge is -2.19. The number of aromatic nitrogens is 4. The van der Waals surface area contributed by atoms with Crippen molar-refractivity contribution in [1.29, 1.82) is 0 Å². The van der Waals surface area contributed by atoms with E-state index in [1.165, 1.54) is 12.2 Å². The highest BCUT2D eigenvalue weighted by Gasteiger charge is 2.22. The molecule has 0 spiro atoms. The smallest absolute Gasteiger partial charge is 0.267 e. The number of benzene rings is 1. The Morgan fingerprint density at radius 2 is 2.15 bits per heavy atom. The van der Waals surface area contributed by atoms with Crippen LogP contribution in [-0.4, -0.2) is 45.2 Å². The molecular formula is C19H24N6O2. The van der Waals surface area contributed by atoms with E-state index in [1.807, 2.05) is 20.2 Å². The summed E-state index contributed by atoms with van der Waals surface area (Å²) in [4.78, 5) is 16.7. The van der Waals surface area contributed by atoms with Crippen LogP contribution < -0.4 is 10.4 Å². The van der Waals surface area contributed by atoms with Crippen molar-refractivity contribution in [2.24, 2.45) is 5.92 Å². The summed E-state index contributed by atoms with van der Waals surface area (Å²) in [6.45, 7) is 4.25. The van der Waals surface area contributed by atoms with Crippen molar-refractivity contribution in [2.45, 2.75) is 19.9 Å². The lowest BCUT2D eigenvalue weighted by molar-refractivity contribution is -0.124. The molecule has 0 aliphatic heterocycles. The van der Waals surface area contributed by atoms with Gasteiger partial charge in [-0.3, -0.25) is 10.0 Å². The molecule has 0 saturated heterocycles. The fourth-order valence-electron chi connectivity index (χ4n) is 3.22. The second kappa shape index (κ2) is 7.63. The van der Waals surface area contributed by atoms with Crippen LogP contribution in [0.25, 0.3) is 17.0 Å². The SMILES string of the molecule is CC(C)C(c1cc2c(N(C)C)cccc2[nH]1)n1cc(/C=C/C(=O)NO)nn1. The van der Waals surface area contributed by atoms with Crippen molar-refractivity contribution in [3.63, 3.8) is 0 Å². The molecule has 2 aromatic heterocycles. The average Bonchev–Trinajstić information content (AvgIpc) is 3.25. The summed E-state index contributed by atoms with van der Waals surface area (Å²) in [5.41, 5.74) is 5.35. The zero-order valence-corrected chi connectivity index (χ0v) is 15.8. The third-order valence-corrected chi connectivity index (χ3v) is 4.42. The van der Waals surface area contributed by atoms with Gasteiger partial charge < -0.3 is 9.88 Å². The molecule has 0 saturated carbocycles. The maximum Gasteiger partial charge on any atom is 0.267 e. The highest BCUT2D eigenvalue weighted by Crippen LogP contribution is 2.32. The number of hydrogen-bond acceptors (Lipinski definition) is 5. The Morgan fingerprint density at radius 1 is 1.37 bits per heavy atom. The van der Waals surface area contributed by atoms with Crippen LogP contribution in [0.3, 0.4) is 0 Å². The summed E-state index contributed by atoms with van der Waals surface area (Å²) in [7, 11) is 4.06. The summed E-state index contributed by atoms with van der Waals surface area (Å²) in [6, 6.07) is 8.31. The van der Waals surface area contributed by atoms with Crippen molar-refractivity contribution < 1.29 is 10.0 Å². The van der Waals surface area contributed by atoms with E-state index in [9.17, 15) is 4.79 Å². The predicted molar refractivity (Wildman–Crippen MR) is 105 cm³/mol. The van der Waals surface area contributed by atoms with E-state index in [0.29, 0.717) is 5.69 Å². The molecule has 1 unspecified atom stereocenters. The van der Waals surface area contributed by atoms with E-state index < -0.39 is 5.91 Å². The number of nitrogens with zero attached hydrogens (tertiary/aromatic N) is 4. The fourth-order valence-corrected chi connectivity index (χ4v) is 3.22. The highest BCUT2D eigenvalue weighted by molar-refractivity contribution is 5.93. The maximum absolute atomic E-state index is 11.1. The summed E-state index contributed by atoms with van der Waals surface area (Å²) in [5, 5.41) is 18.0. The molecule has 142 valence electrons. The number of rotatable bonds is 6. The van der Waals surface area contributed by atoms with Gasteiger partial charge in [0.1, 0.15) is 5.69 Å². The molecule has 1 aromatic carbocycles. The first kappa shape index (κ1) is 18.7. The molecule has 0 aliphatic rings. The van der Waals surface area contributed by atoms with E-state index in [1.54, 1.807) is 16.4 Å². The molecule has 1 amide bonds. The molecule has 0 radical (unpaired) electrons. The van der Waals surface area contributed by atoms with E-state index in [2.05, 4.69) is 52.2 Å². The average molecular weight is 368 g/mol. The first-order chi connectivity index (χ1) is 12.9. The number of amides is 1. The third-order valence-electron chi connectivity index (χ3n) is 4.42. The van der Waals surface area contributed by atoms with Crippen molar-refractivity contribution in [3.05, 3.63) is 47.9 Å². The number of fused-ring (bicyclic) bond motifs is 1. The van der Waals surface area contributed by atoms with E-state index in [0.717, 1.165) is 22.3 Å². The minimum Gasteiger partial charge on any atom is -0.377 e. The standard InChI is InChI=1S/C19H24N6O2/c1-12(2)19(25-11-13(21-23-25)8-9-18(26)22-27)16-10-14-15(20-16)6-5-7-17(14)24(3)4/h5-12,19-20,27H,1-4H3,(H,22,26)/b9-8+. The molecule has 27 heavy (non-hydrogen) atoms. The maximum atomic E-state index is 11.1. The van der Waals surface area contributed by atoms with Crippen molar-refractivity contribution in [1.82, 2.24) is 25.5 Å². The first-order valence-electron chi connectivity index (χ1n) is 8.73. The zero-order chi connectivity index (χ0) is 19.6. The van der Waals surface area contributed by atoms with Crippen molar-refractivity contribution >= 4 is 28.6 Å². The number of H-pyrrole nitrogens is 1. The molecule has 0 bridgehead atoms. The first-order valence-corrected chi connectivity index (χ1v) is 8.73. The second-order valence-electron chi connectivity index (χ2n) is 6.98. The Kier molecular flexibility index (Phi) is 5.27. The van der Waals surface area contributed by atoms with Crippen LogP contribution in [0.5, 0.6) is 0 Å². The summed E-state index contributed by atoms with van der Waals surface area (Å²) >= 11 is 0.